The summed E-state index contributed by atoms with van der Waals surface area (Å²) in [6, 6.07) is 7.53. The molecule has 1 atom stereocenters. The van der Waals surface area contributed by atoms with Gasteiger partial charge in [0.2, 0.25) is 0 Å². The Morgan fingerprint density at radius 3 is 2.53 bits per heavy atom. The largest absolute Gasteiger partial charge is 0.497 e. The molecule has 1 heterocycles. The molecule has 1 fully saturated rings. The third kappa shape index (κ3) is 2.09. The van der Waals surface area contributed by atoms with Crippen LogP contribution in [0.3, 0.4) is 0 Å². The van der Waals surface area contributed by atoms with E-state index in [1.165, 1.54) is 0 Å². The Bertz CT molecular complexity index is 434. The third-order valence-electron chi connectivity index (χ3n) is 2.91. The van der Waals surface area contributed by atoms with Crippen LogP contribution in [0.1, 0.15) is 12.0 Å². The number of alkyl halides is 1. The van der Waals surface area contributed by atoms with E-state index in [1.807, 2.05) is 24.3 Å². The Balaban J connectivity index is 2.35. The summed E-state index contributed by atoms with van der Waals surface area (Å²) in [6.07, 6.45) is 0.517. The summed E-state index contributed by atoms with van der Waals surface area (Å²) >= 11 is 3.41. The Morgan fingerprint density at radius 1 is 1.47 bits per heavy atom. The van der Waals surface area contributed by atoms with E-state index < -0.39 is 5.60 Å². The van der Waals surface area contributed by atoms with Gasteiger partial charge in [-0.1, -0.05) is 34.6 Å². The van der Waals surface area contributed by atoms with Gasteiger partial charge in [0.15, 0.2) is 5.60 Å². The maximum absolute atomic E-state index is 11.5. The highest BCUT2D eigenvalue weighted by atomic mass is 79.9. The lowest BCUT2D eigenvalue weighted by Crippen LogP contribution is -2.27. The second kappa shape index (κ2) is 4.53. The minimum atomic E-state index is -0.625. The number of methoxy groups -OCH3 is 1. The van der Waals surface area contributed by atoms with E-state index in [0.717, 1.165) is 11.3 Å². The van der Waals surface area contributed by atoms with E-state index in [1.54, 1.807) is 7.11 Å². The summed E-state index contributed by atoms with van der Waals surface area (Å²) in [5.41, 5.74) is 0.836. The van der Waals surface area contributed by atoms with Crippen LogP contribution in [0, 0.1) is 0 Å². The first-order valence-electron chi connectivity index (χ1n) is 5.23. The smallest absolute Gasteiger partial charge is 0.334 e. The van der Waals surface area contributed by atoms with Crippen molar-refractivity contribution in [2.24, 2.45) is 0 Å². The van der Waals surface area contributed by atoms with Crippen molar-refractivity contribution in [2.75, 3.05) is 12.4 Å². The van der Waals surface area contributed by atoms with Crippen molar-refractivity contribution in [3.8, 4) is 5.75 Å². The molecule has 0 spiro atoms. The maximum atomic E-state index is 11.5. The molecule has 3 nitrogen and oxygen atoms in total. The van der Waals surface area contributed by atoms with Crippen LogP contribution < -0.4 is 4.74 Å². The average Bonchev–Trinajstić information content (AvgIpc) is 2.66. The molecule has 90 valence electrons. The van der Waals surface area contributed by atoms with E-state index in [2.05, 4.69) is 22.5 Å². The van der Waals surface area contributed by atoms with E-state index in [0.29, 0.717) is 17.3 Å². The molecule has 2 rings (SSSR count). The van der Waals surface area contributed by atoms with Crippen LogP contribution in [0.15, 0.2) is 36.4 Å². The lowest BCUT2D eigenvalue weighted by molar-refractivity contribution is -0.145. The molecule has 17 heavy (non-hydrogen) atoms. The molecule has 1 aromatic rings. The van der Waals surface area contributed by atoms with E-state index >= 15 is 0 Å². The van der Waals surface area contributed by atoms with Gasteiger partial charge in [-0.05, 0) is 17.7 Å². The number of carbonyl (C=O) groups is 1. The van der Waals surface area contributed by atoms with Crippen LogP contribution in [-0.4, -0.2) is 18.4 Å². The number of cyclic esters (lactones) is 1. The van der Waals surface area contributed by atoms with Crippen molar-refractivity contribution in [3.05, 3.63) is 42.0 Å². The predicted octanol–water partition coefficient (Wildman–Crippen LogP) is 2.79. The van der Waals surface area contributed by atoms with Gasteiger partial charge in [-0.15, -0.1) is 0 Å². The van der Waals surface area contributed by atoms with Crippen LogP contribution in [0.25, 0.3) is 0 Å². The summed E-state index contributed by atoms with van der Waals surface area (Å²) in [6.45, 7) is 3.72. The molecule has 0 saturated carbocycles. The monoisotopic (exact) mass is 296 g/mol. The quantitative estimate of drug-likeness (QED) is 0.489. The number of benzene rings is 1. The van der Waals surface area contributed by atoms with Gasteiger partial charge in [0.1, 0.15) is 5.75 Å². The molecule has 0 amide bonds. The molecule has 0 aromatic heterocycles. The molecule has 1 aliphatic rings. The zero-order valence-electron chi connectivity index (χ0n) is 9.53. The standard InChI is InChI=1S/C13H13BrO3/c1-9-7-13(8-14,17-12(9)15)10-3-5-11(16-2)6-4-10/h3-6H,1,7-8H2,2H3. The second-order valence-electron chi connectivity index (χ2n) is 4.03. The molecule has 0 radical (unpaired) electrons. The summed E-state index contributed by atoms with van der Waals surface area (Å²) in [4.78, 5) is 11.5. The summed E-state index contributed by atoms with van der Waals surface area (Å²) < 4.78 is 10.5. The molecule has 0 N–H and O–H groups in total. The normalized spacial score (nSPS) is 23.6. The SMILES string of the molecule is C=C1CC(CBr)(c2ccc(OC)cc2)OC1=O. The van der Waals surface area contributed by atoms with Crippen molar-refractivity contribution < 1.29 is 14.3 Å². The van der Waals surface area contributed by atoms with Crippen LogP contribution in [0.5, 0.6) is 5.75 Å². The van der Waals surface area contributed by atoms with Crippen LogP contribution in [0.4, 0.5) is 0 Å². The first-order chi connectivity index (χ1) is 8.11. The molecule has 1 aromatic carbocycles. The fraction of sp³-hybridized carbons (Fsp3) is 0.308. The number of ether oxygens (including phenoxy) is 2. The molecule has 1 aliphatic heterocycles. The van der Waals surface area contributed by atoms with Gasteiger partial charge >= 0.3 is 5.97 Å². The molecular formula is C13H13BrO3. The first kappa shape index (κ1) is 12.2. The maximum Gasteiger partial charge on any atom is 0.334 e. The number of carbonyl (C=O) groups excluding carboxylic acids is 1. The number of hydrogen-bond donors (Lipinski definition) is 0. The van der Waals surface area contributed by atoms with Crippen molar-refractivity contribution in [1.82, 2.24) is 0 Å². The Labute approximate surface area is 109 Å². The summed E-state index contributed by atoms with van der Waals surface area (Å²) in [7, 11) is 1.62. The van der Waals surface area contributed by atoms with Gasteiger partial charge in [0, 0.05) is 17.3 Å². The molecular weight excluding hydrogens is 284 g/mol. The van der Waals surface area contributed by atoms with Crippen molar-refractivity contribution in [2.45, 2.75) is 12.0 Å². The summed E-state index contributed by atoms with van der Waals surface area (Å²) in [5.74, 6) is 0.460. The fourth-order valence-corrected chi connectivity index (χ4v) is 2.55. The molecule has 0 bridgehead atoms. The third-order valence-corrected chi connectivity index (χ3v) is 3.81. The van der Waals surface area contributed by atoms with Crippen LogP contribution in [-0.2, 0) is 15.1 Å². The van der Waals surface area contributed by atoms with E-state index in [9.17, 15) is 4.79 Å². The molecule has 0 aliphatic carbocycles. The Morgan fingerprint density at radius 2 is 2.12 bits per heavy atom. The zero-order valence-corrected chi connectivity index (χ0v) is 11.1. The molecule has 1 saturated heterocycles. The van der Waals surface area contributed by atoms with Crippen molar-refractivity contribution in [3.63, 3.8) is 0 Å². The highest BCUT2D eigenvalue weighted by Gasteiger charge is 2.43. The van der Waals surface area contributed by atoms with Gasteiger partial charge in [-0.25, -0.2) is 4.79 Å². The topological polar surface area (TPSA) is 35.5 Å². The van der Waals surface area contributed by atoms with Gasteiger partial charge in [0.05, 0.1) is 7.11 Å². The van der Waals surface area contributed by atoms with Crippen LogP contribution in [0.2, 0.25) is 0 Å². The van der Waals surface area contributed by atoms with Crippen molar-refractivity contribution in [1.29, 1.82) is 0 Å². The molecule has 4 heteroatoms. The Hall–Kier alpha value is -1.29. The number of hydrogen-bond acceptors (Lipinski definition) is 3. The highest BCUT2D eigenvalue weighted by molar-refractivity contribution is 9.09. The van der Waals surface area contributed by atoms with Crippen molar-refractivity contribution >= 4 is 21.9 Å². The first-order valence-corrected chi connectivity index (χ1v) is 6.35. The van der Waals surface area contributed by atoms with Gasteiger partial charge < -0.3 is 9.47 Å². The Kier molecular flexibility index (Phi) is 3.24. The summed E-state index contributed by atoms with van der Waals surface area (Å²) in [5, 5.41) is 0.553. The zero-order chi connectivity index (χ0) is 12.5. The number of rotatable bonds is 3. The van der Waals surface area contributed by atoms with Crippen LogP contribution >= 0.6 is 15.9 Å². The second-order valence-corrected chi connectivity index (χ2v) is 4.59. The van der Waals surface area contributed by atoms with Gasteiger partial charge in [-0.2, -0.15) is 0 Å². The van der Waals surface area contributed by atoms with Gasteiger partial charge in [-0.3, -0.25) is 0 Å². The number of halogens is 1. The number of esters is 1. The van der Waals surface area contributed by atoms with E-state index in [-0.39, 0.29) is 5.97 Å². The van der Waals surface area contributed by atoms with Gasteiger partial charge in [0.25, 0.3) is 0 Å². The minimum Gasteiger partial charge on any atom is -0.497 e. The highest BCUT2D eigenvalue weighted by Crippen LogP contribution is 2.40. The minimum absolute atomic E-state index is 0.319. The molecule has 1 unspecified atom stereocenters. The lowest BCUT2D eigenvalue weighted by atomic mass is 9.91. The average molecular weight is 297 g/mol. The predicted molar refractivity (Wildman–Crippen MR) is 68.3 cm³/mol. The van der Waals surface area contributed by atoms with E-state index in [4.69, 9.17) is 9.47 Å². The lowest BCUT2D eigenvalue weighted by Gasteiger charge is -2.25. The fourth-order valence-electron chi connectivity index (χ4n) is 1.91.